The molecule has 0 saturated carbocycles. The van der Waals surface area contributed by atoms with E-state index in [2.05, 4.69) is 18.2 Å². The molecule has 1 aliphatic rings. The third kappa shape index (κ3) is 3.79. The summed E-state index contributed by atoms with van der Waals surface area (Å²) in [5.74, 6) is 0.703. The lowest BCUT2D eigenvalue weighted by Crippen LogP contribution is -2.23. The minimum Gasteiger partial charge on any atom is -0.496 e. The maximum atomic E-state index is 12.0. The van der Waals surface area contributed by atoms with Gasteiger partial charge in [-0.1, -0.05) is 24.3 Å². The number of allylic oxidation sites excluding steroid dienone is 3. The zero-order valence-electron chi connectivity index (χ0n) is 14.0. The van der Waals surface area contributed by atoms with Crippen LogP contribution in [0.1, 0.15) is 44.2 Å². The van der Waals surface area contributed by atoms with Crippen molar-refractivity contribution in [3.8, 4) is 5.75 Å². The molecule has 0 amide bonds. The third-order valence-electron chi connectivity index (χ3n) is 3.67. The Morgan fingerprint density at radius 3 is 2.68 bits per heavy atom. The minimum atomic E-state index is -0.471. The van der Waals surface area contributed by atoms with Gasteiger partial charge in [-0.25, -0.2) is 4.79 Å². The van der Waals surface area contributed by atoms with Crippen molar-refractivity contribution >= 4 is 5.97 Å². The van der Waals surface area contributed by atoms with Gasteiger partial charge in [0.25, 0.3) is 0 Å². The van der Waals surface area contributed by atoms with E-state index in [1.165, 1.54) is 5.56 Å². The number of esters is 1. The molecule has 0 aliphatic heterocycles. The molecule has 0 aromatic heterocycles. The molecular formula is C19H24O3. The van der Waals surface area contributed by atoms with Crippen LogP contribution in [0.2, 0.25) is 0 Å². The van der Waals surface area contributed by atoms with Crippen LogP contribution in [0.4, 0.5) is 0 Å². The fourth-order valence-electron chi connectivity index (χ4n) is 2.71. The van der Waals surface area contributed by atoms with Gasteiger partial charge in [-0.2, -0.15) is 0 Å². The molecule has 1 aromatic rings. The zero-order chi connectivity index (χ0) is 16.3. The van der Waals surface area contributed by atoms with E-state index in [1.807, 2.05) is 39.8 Å². The number of rotatable bonds is 3. The van der Waals surface area contributed by atoms with Crippen molar-refractivity contribution < 1.29 is 14.3 Å². The van der Waals surface area contributed by atoms with Crippen LogP contribution in [-0.2, 0) is 9.53 Å². The van der Waals surface area contributed by atoms with Crippen LogP contribution in [0.15, 0.2) is 42.0 Å². The van der Waals surface area contributed by atoms with Crippen molar-refractivity contribution in [2.45, 2.75) is 45.6 Å². The molecule has 3 nitrogen and oxygen atoms in total. The third-order valence-corrected chi connectivity index (χ3v) is 3.67. The van der Waals surface area contributed by atoms with Crippen LogP contribution in [0.5, 0.6) is 5.75 Å². The molecule has 0 fully saturated rings. The van der Waals surface area contributed by atoms with Crippen molar-refractivity contribution in [2.75, 3.05) is 7.11 Å². The lowest BCUT2D eigenvalue weighted by molar-refractivity contribution is -0.148. The van der Waals surface area contributed by atoms with Gasteiger partial charge in [0.05, 0.1) is 7.11 Å². The topological polar surface area (TPSA) is 35.5 Å². The first-order valence-electron chi connectivity index (χ1n) is 7.55. The fraction of sp³-hybridized carbons (Fsp3) is 0.421. The van der Waals surface area contributed by atoms with E-state index < -0.39 is 5.60 Å². The van der Waals surface area contributed by atoms with Crippen LogP contribution in [0.25, 0.3) is 0 Å². The Hall–Kier alpha value is -2.03. The van der Waals surface area contributed by atoms with Crippen molar-refractivity contribution in [3.05, 3.63) is 53.1 Å². The summed E-state index contributed by atoms with van der Waals surface area (Å²) in [7, 11) is 1.67. The predicted octanol–water partition coefficient (Wildman–Crippen LogP) is 4.32. The van der Waals surface area contributed by atoms with Gasteiger partial charge < -0.3 is 9.47 Å². The molecule has 0 saturated heterocycles. The molecule has 1 aromatic carbocycles. The second kappa shape index (κ2) is 6.39. The van der Waals surface area contributed by atoms with E-state index in [0.717, 1.165) is 23.3 Å². The smallest absolute Gasteiger partial charge is 0.331 e. The van der Waals surface area contributed by atoms with Crippen molar-refractivity contribution in [2.24, 2.45) is 0 Å². The monoisotopic (exact) mass is 300 g/mol. The van der Waals surface area contributed by atoms with E-state index in [1.54, 1.807) is 13.2 Å². The van der Waals surface area contributed by atoms with Crippen LogP contribution in [0, 0.1) is 6.92 Å². The summed E-state index contributed by atoms with van der Waals surface area (Å²) in [4.78, 5) is 12.0. The van der Waals surface area contributed by atoms with Crippen molar-refractivity contribution in [1.82, 2.24) is 0 Å². The molecule has 0 spiro atoms. The lowest BCUT2D eigenvalue weighted by Gasteiger charge is -2.20. The van der Waals surface area contributed by atoms with Gasteiger partial charge >= 0.3 is 5.97 Å². The van der Waals surface area contributed by atoms with Crippen molar-refractivity contribution in [3.63, 3.8) is 0 Å². The summed E-state index contributed by atoms with van der Waals surface area (Å²) >= 11 is 0. The van der Waals surface area contributed by atoms with Gasteiger partial charge in [-0.15, -0.1) is 0 Å². The quantitative estimate of drug-likeness (QED) is 0.474. The summed E-state index contributed by atoms with van der Waals surface area (Å²) in [6.45, 7) is 7.67. The molecule has 3 heteroatoms. The number of carbonyl (C=O) groups is 1. The largest absolute Gasteiger partial charge is 0.496 e. The van der Waals surface area contributed by atoms with Gasteiger partial charge in [-0.3, -0.25) is 0 Å². The number of carbonyl (C=O) groups excluding carboxylic acids is 1. The number of hydrogen-bond donors (Lipinski definition) is 0. The molecule has 0 unspecified atom stereocenters. The number of benzene rings is 1. The Morgan fingerprint density at radius 1 is 1.32 bits per heavy atom. The van der Waals surface area contributed by atoms with Crippen LogP contribution < -0.4 is 4.74 Å². The van der Waals surface area contributed by atoms with E-state index in [0.29, 0.717) is 0 Å². The Morgan fingerprint density at radius 2 is 2.05 bits per heavy atom. The zero-order valence-corrected chi connectivity index (χ0v) is 14.0. The molecule has 22 heavy (non-hydrogen) atoms. The van der Waals surface area contributed by atoms with E-state index in [4.69, 9.17) is 9.47 Å². The summed E-state index contributed by atoms with van der Waals surface area (Å²) in [5.41, 5.74) is 2.87. The van der Waals surface area contributed by atoms with Gasteiger partial charge in [0, 0.05) is 12.0 Å². The average molecular weight is 300 g/mol. The second-order valence-corrected chi connectivity index (χ2v) is 6.54. The van der Waals surface area contributed by atoms with Crippen LogP contribution in [-0.4, -0.2) is 18.7 Å². The highest BCUT2D eigenvalue weighted by Gasteiger charge is 2.23. The Bertz CT molecular complexity index is 618. The van der Waals surface area contributed by atoms with Crippen molar-refractivity contribution in [1.29, 1.82) is 0 Å². The predicted molar refractivity (Wildman–Crippen MR) is 88.2 cm³/mol. The molecular weight excluding hydrogens is 276 g/mol. The molecule has 118 valence electrons. The van der Waals surface area contributed by atoms with Gasteiger partial charge in [0.15, 0.2) is 0 Å². The van der Waals surface area contributed by atoms with Gasteiger partial charge in [-0.05, 0) is 56.9 Å². The molecule has 0 bridgehead atoms. The molecule has 1 aliphatic carbocycles. The highest BCUT2D eigenvalue weighted by atomic mass is 16.6. The summed E-state index contributed by atoms with van der Waals surface area (Å²) in [5, 5.41) is 0. The highest BCUT2D eigenvalue weighted by molar-refractivity contribution is 5.84. The van der Waals surface area contributed by atoms with Crippen LogP contribution in [0.3, 0.4) is 0 Å². The highest BCUT2D eigenvalue weighted by Crippen LogP contribution is 2.37. The minimum absolute atomic E-state index is 0.114. The SMILES string of the molecule is COc1cccc([C@@H]2C=CCC2=CC(=O)OC(C)(C)C)c1C. The fourth-order valence-corrected chi connectivity index (χ4v) is 2.71. The second-order valence-electron chi connectivity index (χ2n) is 6.54. The van der Waals surface area contributed by atoms with Gasteiger partial charge in [0.2, 0.25) is 0 Å². The Kier molecular flexibility index (Phi) is 4.74. The summed E-state index contributed by atoms with van der Waals surface area (Å²) in [6, 6.07) is 6.02. The standard InChI is InChI=1S/C19H24O3/c1-13-15(9-7-11-17(13)21-5)16-10-6-8-14(16)12-18(20)22-19(2,3)4/h6-7,9-12,16H,8H2,1-5H3/t16-/m1/s1. The Labute approximate surface area is 132 Å². The van der Waals surface area contributed by atoms with Gasteiger partial charge in [0.1, 0.15) is 11.4 Å². The summed E-state index contributed by atoms with van der Waals surface area (Å²) in [6.07, 6.45) is 6.65. The number of hydrogen-bond acceptors (Lipinski definition) is 3. The summed E-state index contributed by atoms with van der Waals surface area (Å²) < 4.78 is 10.8. The first kappa shape index (κ1) is 16.3. The first-order valence-corrected chi connectivity index (χ1v) is 7.55. The molecule has 0 N–H and O–H groups in total. The number of ether oxygens (including phenoxy) is 2. The molecule has 0 radical (unpaired) electrons. The van der Waals surface area contributed by atoms with E-state index >= 15 is 0 Å². The number of methoxy groups -OCH3 is 1. The molecule has 0 heterocycles. The van der Waals surface area contributed by atoms with Crippen LogP contribution >= 0.6 is 0 Å². The maximum Gasteiger partial charge on any atom is 0.331 e. The molecule has 1 atom stereocenters. The first-order chi connectivity index (χ1) is 10.3. The van der Waals surface area contributed by atoms with E-state index in [9.17, 15) is 4.79 Å². The molecule has 2 rings (SSSR count). The average Bonchev–Trinajstić information content (AvgIpc) is 2.84. The Balaban J connectivity index is 2.28. The lowest BCUT2D eigenvalue weighted by atomic mass is 9.90. The maximum absolute atomic E-state index is 12.0. The normalized spacial score (nSPS) is 19.5. The van der Waals surface area contributed by atoms with E-state index in [-0.39, 0.29) is 11.9 Å².